The molecule has 4 rings (SSSR count). The Morgan fingerprint density at radius 3 is 2.33 bits per heavy atom. The third kappa shape index (κ3) is 4.27. The molecule has 2 aromatic carbocycles. The maximum atomic E-state index is 12.5. The van der Waals surface area contributed by atoms with Crippen LogP contribution in [0.3, 0.4) is 0 Å². The van der Waals surface area contributed by atoms with Gasteiger partial charge in [0.1, 0.15) is 5.75 Å². The van der Waals surface area contributed by atoms with Crippen molar-refractivity contribution >= 4 is 34.6 Å². The molecule has 0 radical (unpaired) electrons. The molecule has 1 saturated heterocycles. The molecule has 2 heterocycles. The lowest BCUT2D eigenvalue weighted by Crippen LogP contribution is -2.52. The minimum Gasteiger partial charge on any atom is -0.482 e. The molecule has 2 aliphatic heterocycles. The van der Waals surface area contributed by atoms with Gasteiger partial charge < -0.3 is 25.2 Å². The van der Waals surface area contributed by atoms with E-state index in [1.165, 1.54) is 0 Å². The Kier molecular flexibility index (Phi) is 5.15. The average molecular weight is 420 g/mol. The van der Waals surface area contributed by atoms with E-state index >= 15 is 0 Å². The van der Waals surface area contributed by atoms with Crippen molar-refractivity contribution in [2.45, 2.75) is 6.18 Å². The largest absolute Gasteiger partial charge is 0.482 e. The Morgan fingerprint density at radius 1 is 1.00 bits per heavy atom. The SMILES string of the molecule is O=C1COc2cc(Nc3ccc(N4CCN(C(=O)C(F)(F)F)CC4)cc3)ccc2N1. The number of hydrogen-bond donors (Lipinski definition) is 2. The summed E-state index contributed by atoms with van der Waals surface area (Å²) in [5.41, 5.74) is 3.10. The van der Waals surface area contributed by atoms with Gasteiger partial charge in [-0.25, -0.2) is 0 Å². The first-order valence-corrected chi connectivity index (χ1v) is 9.34. The number of nitrogens with zero attached hydrogens (tertiary/aromatic N) is 2. The Balaban J connectivity index is 1.36. The standard InChI is InChI=1S/C20H19F3N4O3/c21-20(22,23)19(29)27-9-7-26(8-10-27)15-4-1-13(2-5-15)24-14-3-6-16-17(11-14)30-12-18(28)25-16/h1-6,11,24H,7-10,12H2,(H,25,28). The van der Waals surface area contributed by atoms with Gasteiger partial charge >= 0.3 is 12.1 Å². The second-order valence-corrected chi connectivity index (χ2v) is 7.00. The number of benzene rings is 2. The minimum absolute atomic E-state index is 0.0209. The molecule has 0 aromatic heterocycles. The van der Waals surface area contributed by atoms with Gasteiger partial charge in [-0.3, -0.25) is 9.59 Å². The van der Waals surface area contributed by atoms with E-state index in [-0.39, 0.29) is 25.6 Å². The van der Waals surface area contributed by atoms with Crippen LogP contribution in [0.25, 0.3) is 0 Å². The summed E-state index contributed by atoms with van der Waals surface area (Å²) in [6.07, 6.45) is -4.83. The number of carbonyl (C=O) groups is 2. The van der Waals surface area contributed by atoms with E-state index in [9.17, 15) is 22.8 Å². The van der Waals surface area contributed by atoms with Crippen LogP contribution in [-0.2, 0) is 9.59 Å². The van der Waals surface area contributed by atoms with Crippen LogP contribution in [0, 0.1) is 0 Å². The number of amides is 2. The molecule has 0 unspecified atom stereocenters. The Hall–Kier alpha value is -3.43. The van der Waals surface area contributed by atoms with Gasteiger partial charge in [-0.15, -0.1) is 0 Å². The molecule has 2 amide bonds. The fraction of sp³-hybridized carbons (Fsp3) is 0.300. The zero-order chi connectivity index (χ0) is 21.3. The molecule has 0 saturated carbocycles. The molecule has 30 heavy (non-hydrogen) atoms. The van der Waals surface area contributed by atoms with Crippen molar-refractivity contribution in [1.82, 2.24) is 4.90 Å². The molecule has 0 atom stereocenters. The number of anilines is 4. The summed E-state index contributed by atoms with van der Waals surface area (Å²) in [6, 6.07) is 12.8. The van der Waals surface area contributed by atoms with Crippen LogP contribution in [-0.4, -0.2) is 55.7 Å². The van der Waals surface area contributed by atoms with Crippen LogP contribution < -0.4 is 20.3 Å². The highest BCUT2D eigenvalue weighted by Gasteiger charge is 2.43. The summed E-state index contributed by atoms with van der Waals surface area (Å²) >= 11 is 0. The molecule has 2 N–H and O–H groups in total. The van der Waals surface area contributed by atoms with Crippen LogP contribution in [0.1, 0.15) is 0 Å². The van der Waals surface area contributed by atoms with E-state index in [4.69, 9.17) is 4.74 Å². The predicted octanol–water partition coefficient (Wildman–Crippen LogP) is 2.97. The number of carbonyl (C=O) groups excluding carboxylic acids is 2. The topological polar surface area (TPSA) is 73.9 Å². The summed E-state index contributed by atoms with van der Waals surface area (Å²) in [4.78, 5) is 25.4. The van der Waals surface area contributed by atoms with Crippen molar-refractivity contribution in [2.75, 3.05) is 48.3 Å². The highest BCUT2D eigenvalue weighted by atomic mass is 19.4. The lowest BCUT2D eigenvalue weighted by atomic mass is 10.2. The maximum absolute atomic E-state index is 12.5. The number of halogens is 3. The summed E-state index contributed by atoms with van der Waals surface area (Å²) in [7, 11) is 0. The number of hydrogen-bond acceptors (Lipinski definition) is 5. The van der Waals surface area contributed by atoms with E-state index in [1.807, 2.05) is 35.2 Å². The Bertz CT molecular complexity index is 955. The summed E-state index contributed by atoms with van der Waals surface area (Å²) in [5, 5.41) is 5.97. The van der Waals surface area contributed by atoms with E-state index in [0.717, 1.165) is 22.0 Å². The first-order chi connectivity index (χ1) is 14.3. The third-order valence-electron chi connectivity index (χ3n) is 4.94. The number of alkyl halides is 3. The molecule has 10 heteroatoms. The lowest BCUT2D eigenvalue weighted by molar-refractivity contribution is -0.185. The van der Waals surface area contributed by atoms with Crippen molar-refractivity contribution in [3.63, 3.8) is 0 Å². The molecule has 7 nitrogen and oxygen atoms in total. The monoisotopic (exact) mass is 420 g/mol. The van der Waals surface area contributed by atoms with Gasteiger partial charge in [0.25, 0.3) is 5.91 Å². The molecule has 158 valence electrons. The second kappa shape index (κ2) is 7.77. The summed E-state index contributed by atoms with van der Waals surface area (Å²) in [6.45, 7) is 0.714. The number of ether oxygens (including phenoxy) is 1. The molecule has 0 spiro atoms. The molecular weight excluding hydrogens is 401 g/mol. The lowest BCUT2D eigenvalue weighted by Gasteiger charge is -2.36. The maximum Gasteiger partial charge on any atom is 0.471 e. The quantitative estimate of drug-likeness (QED) is 0.799. The normalized spacial score (nSPS) is 16.4. The number of nitrogens with one attached hydrogen (secondary N) is 2. The fourth-order valence-corrected chi connectivity index (χ4v) is 3.42. The van der Waals surface area contributed by atoms with Crippen molar-refractivity contribution in [2.24, 2.45) is 0 Å². The van der Waals surface area contributed by atoms with Crippen molar-refractivity contribution in [3.05, 3.63) is 42.5 Å². The molecule has 2 aromatic rings. The predicted molar refractivity (Wildman–Crippen MR) is 105 cm³/mol. The zero-order valence-corrected chi connectivity index (χ0v) is 15.8. The van der Waals surface area contributed by atoms with Crippen molar-refractivity contribution in [3.8, 4) is 5.75 Å². The van der Waals surface area contributed by atoms with Gasteiger partial charge in [-0.1, -0.05) is 0 Å². The molecule has 2 aliphatic rings. The van der Waals surface area contributed by atoms with Gasteiger partial charge in [-0.05, 0) is 36.4 Å². The Morgan fingerprint density at radius 2 is 1.67 bits per heavy atom. The van der Waals surface area contributed by atoms with Gasteiger partial charge in [0.15, 0.2) is 6.61 Å². The fourth-order valence-electron chi connectivity index (χ4n) is 3.42. The first-order valence-electron chi connectivity index (χ1n) is 9.34. The van der Waals surface area contributed by atoms with Crippen LogP contribution in [0.5, 0.6) is 5.75 Å². The Labute approximate surface area is 170 Å². The molecular formula is C20H19F3N4O3. The van der Waals surface area contributed by atoms with E-state index in [1.54, 1.807) is 12.1 Å². The van der Waals surface area contributed by atoms with Crippen LogP contribution >= 0.6 is 0 Å². The highest BCUT2D eigenvalue weighted by molar-refractivity contribution is 5.95. The van der Waals surface area contributed by atoms with E-state index < -0.39 is 12.1 Å². The molecule has 1 fully saturated rings. The smallest absolute Gasteiger partial charge is 0.471 e. The number of piperazine rings is 1. The van der Waals surface area contributed by atoms with Gasteiger partial charge in [-0.2, -0.15) is 13.2 Å². The van der Waals surface area contributed by atoms with E-state index in [2.05, 4.69) is 10.6 Å². The third-order valence-corrected chi connectivity index (χ3v) is 4.94. The van der Waals surface area contributed by atoms with Gasteiger partial charge in [0.05, 0.1) is 5.69 Å². The number of rotatable bonds is 3. The second-order valence-electron chi connectivity index (χ2n) is 7.00. The average Bonchev–Trinajstić information content (AvgIpc) is 2.73. The van der Waals surface area contributed by atoms with Crippen LogP contribution in [0.15, 0.2) is 42.5 Å². The van der Waals surface area contributed by atoms with Gasteiger partial charge in [0.2, 0.25) is 0 Å². The van der Waals surface area contributed by atoms with Crippen molar-refractivity contribution < 1.29 is 27.5 Å². The first kappa shape index (κ1) is 19.9. The minimum atomic E-state index is -4.83. The van der Waals surface area contributed by atoms with Gasteiger partial charge in [0, 0.05) is 49.3 Å². The highest BCUT2D eigenvalue weighted by Crippen LogP contribution is 2.32. The van der Waals surface area contributed by atoms with Crippen LogP contribution in [0.2, 0.25) is 0 Å². The van der Waals surface area contributed by atoms with Crippen molar-refractivity contribution in [1.29, 1.82) is 0 Å². The number of fused-ring (bicyclic) bond motifs is 1. The zero-order valence-electron chi connectivity index (χ0n) is 15.8. The molecule has 0 aliphatic carbocycles. The summed E-state index contributed by atoms with van der Waals surface area (Å²) in [5.74, 6) is -1.39. The van der Waals surface area contributed by atoms with Crippen LogP contribution in [0.4, 0.5) is 35.9 Å². The van der Waals surface area contributed by atoms with E-state index in [0.29, 0.717) is 24.5 Å². The summed E-state index contributed by atoms with van der Waals surface area (Å²) < 4.78 is 43.1. The molecule has 0 bridgehead atoms.